The van der Waals surface area contributed by atoms with Crippen LogP contribution >= 0.6 is 12.2 Å². The van der Waals surface area contributed by atoms with E-state index < -0.39 is 0 Å². The zero-order valence-corrected chi connectivity index (χ0v) is 15.7. The molecule has 0 spiro atoms. The zero-order chi connectivity index (χ0) is 18.4. The van der Waals surface area contributed by atoms with E-state index in [9.17, 15) is 4.79 Å². The maximum atomic E-state index is 12.4. The summed E-state index contributed by atoms with van der Waals surface area (Å²) in [6.45, 7) is 6.78. The standard InChI is InChI=1S/C19H19N3O3S/c1-4-21-18(23)15(20-19(21)26)8-13-7-11(2)22(12(13)3)14-5-6-16-17(9-14)25-10-24-16/h5-7,9H,4,8,10H2,1-3H3. The number of hydrogen-bond donors (Lipinski definition) is 0. The molecular weight excluding hydrogens is 350 g/mol. The van der Waals surface area contributed by atoms with Gasteiger partial charge in [-0.15, -0.1) is 0 Å². The summed E-state index contributed by atoms with van der Waals surface area (Å²) in [6.07, 6.45) is 0.472. The van der Waals surface area contributed by atoms with Gasteiger partial charge in [-0.05, 0) is 56.8 Å². The average Bonchev–Trinajstić information content (AvgIpc) is 3.25. The molecule has 1 aromatic carbocycles. The molecule has 0 radical (unpaired) electrons. The fourth-order valence-corrected chi connectivity index (χ4v) is 3.79. The molecule has 3 heterocycles. The molecule has 0 bridgehead atoms. The minimum absolute atomic E-state index is 0.0922. The molecule has 26 heavy (non-hydrogen) atoms. The molecule has 0 saturated carbocycles. The number of thiocarbonyl (C=S) groups is 1. The number of amides is 1. The highest BCUT2D eigenvalue weighted by Crippen LogP contribution is 2.35. The fourth-order valence-electron chi connectivity index (χ4n) is 3.47. The summed E-state index contributed by atoms with van der Waals surface area (Å²) in [5.74, 6) is 1.41. The van der Waals surface area contributed by atoms with Crippen molar-refractivity contribution >= 4 is 28.9 Å². The van der Waals surface area contributed by atoms with Crippen LogP contribution in [0.15, 0.2) is 29.3 Å². The van der Waals surface area contributed by atoms with Gasteiger partial charge in [0.15, 0.2) is 11.5 Å². The molecular formula is C19H19N3O3S. The van der Waals surface area contributed by atoms with E-state index in [1.165, 1.54) is 4.90 Å². The summed E-state index contributed by atoms with van der Waals surface area (Å²) in [5, 5.41) is 0.358. The van der Waals surface area contributed by atoms with Crippen LogP contribution in [0, 0.1) is 13.8 Å². The van der Waals surface area contributed by atoms with Gasteiger partial charge in [0, 0.05) is 36.1 Å². The van der Waals surface area contributed by atoms with E-state index in [2.05, 4.69) is 15.6 Å². The predicted octanol–water partition coefficient (Wildman–Crippen LogP) is 2.95. The Bertz CT molecular complexity index is 961. The largest absolute Gasteiger partial charge is 0.454 e. The lowest BCUT2D eigenvalue weighted by Gasteiger charge is -2.12. The summed E-state index contributed by atoms with van der Waals surface area (Å²) in [7, 11) is 0. The van der Waals surface area contributed by atoms with Gasteiger partial charge in [0.2, 0.25) is 11.9 Å². The van der Waals surface area contributed by atoms with Crippen molar-refractivity contribution < 1.29 is 14.3 Å². The molecule has 0 unspecified atom stereocenters. The summed E-state index contributed by atoms with van der Waals surface area (Å²) in [5.41, 5.74) is 4.71. The van der Waals surface area contributed by atoms with Crippen molar-refractivity contribution in [1.82, 2.24) is 9.47 Å². The first-order chi connectivity index (χ1) is 12.5. The normalized spacial score (nSPS) is 15.8. The fraction of sp³-hybridized carbons (Fsp3) is 0.316. The lowest BCUT2D eigenvalue weighted by molar-refractivity contribution is -0.119. The number of nitrogens with zero attached hydrogens (tertiary/aromatic N) is 3. The summed E-state index contributed by atoms with van der Waals surface area (Å²) >= 11 is 5.18. The maximum Gasteiger partial charge on any atom is 0.274 e. The van der Waals surface area contributed by atoms with Crippen LogP contribution in [0.3, 0.4) is 0 Å². The second kappa shape index (κ2) is 6.25. The first kappa shape index (κ1) is 16.8. The number of fused-ring (bicyclic) bond motifs is 1. The van der Waals surface area contributed by atoms with Gasteiger partial charge in [-0.3, -0.25) is 9.69 Å². The molecule has 1 aromatic heterocycles. The van der Waals surface area contributed by atoms with Gasteiger partial charge in [0.25, 0.3) is 5.91 Å². The second-order valence-corrected chi connectivity index (χ2v) is 6.70. The summed E-state index contributed by atoms with van der Waals surface area (Å²) in [4.78, 5) is 18.2. The number of aliphatic imine (C=N–C) groups is 1. The molecule has 0 aliphatic carbocycles. The Labute approximate surface area is 157 Å². The molecule has 7 heteroatoms. The Balaban J connectivity index is 1.67. The zero-order valence-electron chi connectivity index (χ0n) is 14.9. The third-order valence-electron chi connectivity index (χ3n) is 4.78. The number of benzene rings is 1. The molecule has 2 aromatic rings. The highest BCUT2D eigenvalue weighted by Gasteiger charge is 2.29. The molecule has 0 saturated heterocycles. The van der Waals surface area contributed by atoms with E-state index in [0.29, 0.717) is 23.8 Å². The quantitative estimate of drug-likeness (QED) is 0.778. The minimum Gasteiger partial charge on any atom is -0.454 e. The molecule has 0 N–H and O–H groups in total. The molecule has 2 aliphatic heterocycles. The van der Waals surface area contributed by atoms with Gasteiger partial charge in [-0.25, -0.2) is 4.99 Å². The van der Waals surface area contributed by atoms with Crippen LogP contribution in [0.1, 0.15) is 23.9 Å². The highest BCUT2D eigenvalue weighted by molar-refractivity contribution is 7.80. The van der Waals surface area contributed by atoms with Crippen molar-refractivity contribution in [1.29, 1.82) is 0 Å². The van der Waals surface area contributed by atoms with E-state index in [4.69, 9.17) is 21.7 Å². The maximum absolute atomic E-state index is 12.4. The van der Waals surface area contributed by atoms with Gasteiger partial charge in [-0.2, -0.15) is 0 Å². The third kappa shape index (κ3) is 2.59. The smallest absolute Gasteiger partial charge is 0.274 e. The molecule has 0 atom stereocenters. The van der Waals surface area contributed by atoms with Crippen molar-refractivity contribution in [3.8, 4) is 17.2 Å². The predicted molar refractivity (Wildman–Crippen MR) is 102 cm³/mol. The Kier molecular flexibility index (Phi) is 4.03. The first-order valence-electron chi connectivity index (χ1n) is 8.50. The Morgan fingerprint density at radius 2 is 1.96 bits per heavy atom. The Hall–Kier alpha value is -2.67. The van der Waals surface area contributed by atoms with Crippen LogP contribution in [0.25, 0.3) is 5.69 Å². The van der Waals surface area contributed by atoms with Crippen molar-refractivity contribution in [2.75, 3.05) is 13.3 Å². The van der Waals surface area contributed by atoms with Gasteiger partial charge < -0.3 is 14.0 Å². The number of rotatable bonds is 4. The number of hydrogen-bond acceptors (Lipinski definition) is 4. The number of ether oxygens (including phenoxy) is 2. The van der Waals surface area contributed by atoms with Crippen LogP contribution < -0.4 is 9.47 Å². The highest BCUT2D eigenvalue weighted by atomic mass is 32.1. The lowest BCUT2D eigenvalue weighted by Crippen LogP contribution is -2.32. The number of aryl methyl sites for hydroxylation is 1. The molecule has 134 valence electrons. The monoisotopic (exact) mass is 369 g/mol. The van der Waals surface area contributed by atoms with Crippen molar-refractivity contribution in [2.45, 2.75) is 27.2 Å². The molecule has 1 amide bonds. The van der Waals surface area contributed by atoms with Gasteiger partial charge in [0.1, 0.15) is 5.71 Å². The lowest BCUT2D eigenvalue weighted by atomic mass is 10.1. The average molecular weight is 369 g/mol. The Morgan fingerprint density at radius 1 is 1.19 bits per heavy atom. The minimum atomic E-state index is -0.0922. The first-order valence-corrected chi connectivity index (χ1v) is 8.91. The van der Waals surface area contributed by atoms with Crippen molar-refractivity contribution in [3.05, 3.63) is 41.2 Å². The topological polar surface area (TPSA) is 56.1 Å². The number of carbonyl (C=O) groups is 1. The number of aromatic nitrogens is 1. The van der Waals surface area contributed by atoms with Crippen LogP contribution in [0.2, 0.25) is 0 Å². The van der Waals surface area contributed by atoms with Crippen molar-refractivity contribution in [2.24, 2.45) is 4.99 Å². The van der Waals surface area contributed by atoms with E-state index in [1.54, 1.807) is 0 Å². The van der Waals surface area contributed by atoms with Gasteiger partial charge in [0.05, 0.1) is 0 Å². The van der Waals surface area contributed by atoms with Crippen LogP contribution in [-0.2, 0) is 11.2 Å². The van der Waals surface area contributed by atoms with Gasteiger partial charge >= 0.3 is 0 Å². The molecule has 2 aliphatic rings. The van der Waals surface area contributed by atoms with Gasteiger partial charge in [-0.1, -0.05) is 0 Å². The van der Waals surface area contributed by atoms with Crippen LogP contribution in [-0.4, -0.2) is 39.5 Å². The van der Waals surface area contributed by atoms with Crippen molar-refractivity contribution in [3.63, 3.8) is 0 Å². The third-order valence-corrected chi connectivity index (χ3v) is 5.09. The van der Waals surface area contributed by atoms with E-state index in [0.717, 1.165) is 34.1 Å². The van der Waals surface area contributed by atoms with Crippen LogP contribution in [0.4, 0.5) is 0 Å². The molecule has 6 nitrogen and oxygen atoms in total. The van der Waals surface area contributed by atoms with E-state index in [1.807, 2.05) is 39.0 Å². The SMILES string of the molecule is CCN1C(=O)C(Cc2cc(C)n(-c3ccc4c(c3)OCO4)c2C)=NC1=S. The molecule has 0 fully saturated rings. The summed E-state index contributed by atoms with van der Waals surface area (Å²) < 4.78 is 13.0. The second-order valence-electron chi connectivity index (χ2n) is 6.34. The van der Waals surface area contributed by atoms with E-state index >= 15 is 0 Å². The number of carbonyl (C=O) groups excluding carboxylic acids is 1. The Morgan fingerprint density at radius 3 is 2.69 bits per heavy atom. The summed E-state index contributed by atoms with van der Waals surface area (Å²) in [6, 6.07) is 7.98. The molecule has 4 rings (SSSR count). The van der Waals surface area contributed by atoms with Crippen LogP contribution in [0.5, 0.6) is 11.5 Å². The van der Waals surface area contributed by atoms with E-state index in [-0.39, 0.29) is 12.7 Å².